The highest BCUT2D eigenvalue weighted by Crippen LogP contribution is 2.60. The van der Waals surface area contributed by atoms with Crippen LogP contribution in [0.5, 0.6) is 0 Å². The molecule has 2 atom stereocenters. The maximum Gasteiger partial charge on any atom is 0.416 e. The normalized spacial score (nSPS) is 26.5. The molecule has 1 saturated heterocycles. The van der Waals surface area contributed by atoms with E-state index in [9.17, 15) is 18.3 Å². The molecule has 3 heterocycles. The van der Waals surface area contributed by atoms with Crippen molar-refractivity contribution in [2.75, 3.05) is 13.2 Å². The van der Waals surface area contributed by atoms with Crippen LogP contribution < -0.4 is 0 Å². The predicted molar refractivity (Wildman–Crippen MR) is 135 cm³/mol. The van der Waals surface area contributed by atoms with Crippen LogP contribution in [0.25, 0.3) is 0 Å². The molecule has 4 aliphatic rings. The molecule has 0 amide bonds. The second-order valence-corrected chi connectivity index (χ2v) is 11.9. The number of hydrogen-bond donors (Lipinski definition) is 1. The fraction of sp³-hybridized carbons (Fsp3) is 0.633. The first-order chi connectivity index (χ1) is 17.1. The maximum atomic E-state index is 13.3. The average molecular weight is 518 g/mol. The third-order valence-electron chi connectivity index (χ3n) is 8.73. The predicted octanol–water partition coefficient (Wildman–Crippen LogP) is 7.53. The number of nitrogens with zero attached hydrogens (tertiary/aromatic N) is 1. The van der Waals surface area contributed by atoms with Gasteiger partial charge in [-0.15, -0.1) is 0 Å². The second-order valence-electron chi connectivity index (χ2n) is 11.9. The van der Waals surface area contributed by atoms with Crippen LogP contribution in [0.15, 0.2) is 24.3 Å². The summed E-state index contributed by atoms with van der Waals surface area (Å²) in [4.78, 5) is 5.27. The number of halogens is 3. The zero-order chi connectivity index (χ0) is 25.3. The first-order valence-electron chi connectivity index (χ1n) is 13.3. The van der Waals surface area contributed by atoms with Crippen LogP contribution >= 0.6 is 0 Å². The topological polar surface area (TPSA) is 51.6 Å². The molecule has 1 spiro atoms. The van der Waals surface area contributed by atoms with Crippen molar-refractivity contribution in [2.24, 2.45) is 5.41 Å². The Kier molecular flexibility index (Phi) is 6.73. The van der Waals surface area contributed by atoms with E-state index >= 15 is 0 Å². The molecular formula is C30H38F3NO3. The van der Waals surface area contributed by atoms with Crippen molar-refractivity contribution in [2.45, 2.75) is 103 Å². The van der Waals surface area contributed by atoms with Gasteiger partial charge in [-0.05, 0) is 67.2 Å². The van der Waals surface area contributed by atoms with Crippen molar-refractivity contribution in [3.63, 3.8) is 0 Å². The minimum Gasteiger partial charge on any atom is -0.388 e. The summed E-state index contributed by atoms with van der Waals surface area (Å²) in [5, 5.41) is 11.4. The number of hydrogen-bond acceptors (Lipinski definition) is 4. The van der Waals surface area contributed by atoms with Gasteiger partial charge in [0.25, 0.3) is 0 Å². The highest BCUT2D eigenvalue weighted by molar-refractivity contribution is 5.54. The number of rotatable bonds is 2. The molecular weight excluding hydrogens is 479 g/mol. The molecule has 6 rings (SSSR count). The third kappa shape index (κ3) is 4.51. The summed E-state index contributed by atoms with van der Waals surface area (Å²) in [7, 11) is 0. The first-order valence-corrected chi connectivity index (χ1v) is 13.3. The van der Waals surface area contributed by atoms with Crippen molar-refractivity contribution in [1.82, 2.24) is 4.98 Å². The summed E-state index contributed by atoms with van der Waals surface area (Å²) in [6.45, 7) is 5.69. The van der Waals surface area contributed by atoms with Crippen LogP contribution in [0, 0.1) is 5.41 Å². The zero-order valence-electron chi connectivity index (χ0n) is 21.0. The number of aliphatic hydroxyl groups is 1. The van der Waals surface area contributed by atoms with Gasteiger partial charge >= 0.3 is 6.18 Å². The SMILES string of the molecule is C.CC1(C)Cc2nc(C3CCOCC3)c3c(c2[C@@H](O)C1)C1(CCCC1)O[C@@H]3c1ccc(C(F)(F)F)cc1. The molecule has 7 heteroatoms. The van der Waals surface area contributed by atoms with Gasteiger partial charge in [0.05, 0.1) is 23.0 Å². The summed E-state index contributed by atoms with van der Waals surface area (Å²) in [6.07, 6.45) is 1.45. The molecule has 2 aromatic rings. The highest BCUT2D eigenvalue weighted by Gasteiger charge is 2.53. The van der Waals surface area contributed by atoms with Gasteiger partial charge in [-0.2, -0.15) is 13.2 Å². The molecule has 1 aromatic carbocycles. The Labute approximate surface area is 217 Å². The van der Waals surface area contributed by atoms with E-state index < -0.39 is 29.5 Å². The van der Waals surface area contributed by atoms with E-state index in [0.29, 0.717) is 25.2 Å². The Balaban J connectivity index is 0.00000280. The molecule has 37 heavy (non-hydrogen) atoms. The smallest absolute Gasteiger partial charge is 0.388 e. The number of benzene rings is 1. The van der Waals surface area contributed by atoms with Crippen molar-refractivity contribution in [1.29, 1.82) is 0 Å². The molecule has 2 fully saturated rings. The van der Waals surface area contributed by atoms with E-state index in [1.807, 2.05) is 0 Å². The largest absolute Gasteiger partial charge is 0.416 e. The van der Waals surface area contributed by atoms with Crippen LogP contribution in [0.4, 0.5) is 13.2 Å². The molecule has 1 N–H and O–H groups in total. The Morgan fingerprint density at radius 1 is 1.00 bits per heavy atom. The van der Waals surface area contributed by atoms with Crippen LogP contribution in [0.1, 0.15) is 124 Å². The molecule has 1 saturated carbocycles. The minimum absolute atomic E-state index is 0. The summed E-state index contributed by atoms with van der Waals surface area (Å²) in [6, 6.07) is 5.40. The van der Waals surface area contributed by atoms with Crippen molar-refractivity contribution in [3.05, 3.63) is 63.5 Å². The van der Waals surface area contributed by atoms with Gasteiger partial charge in [0.1, 0.15) is 6.10 Å². The molecule has 0 bridgehead atoms. The van der Waals surface area contributed by atoms with Gasteiger partial charge < -0.3 is 14.6 Å². The van der Waals surface area contributed by atoms with E-state index in [1.54, 1.807) is 12.1 Å². The van der Waals surface area contributed by atoms with Crippen molar-refractivity contribution in [3.8, 4) is 0 Å². The number of ether oxygens (including phenoxy) is 2. The van der Waals surface area contributed by atoms with Crippen LogP contribution in [0.2, 0.25) is 0 Å². The standard InChI is InChI=1S/C29H34F3NO3.CH4/c1-27(2)15-20-22(21(34)16-27)24-23(25(33-20)17-9-13-35-14-10-17)26(36-28(24)11-3-4-12-28)18-5-7-19(8-6-18)29(30,31)32;/h5-8,17,21,26,34H,3-4,9-16H2,1-2H3;1H4/t21-,26+;/m0./s1. The van der Waals surface area contributed by atoms with Crippen LogP contribution in [-0.4, -0.2) is 23.3 Å². The van der Waals surface area contributed by atoms with E-state index in [-0.39, 0.29) is 18.8 Å². The van der Waals surface area contributed by atoms with E-state index in [0.717, 1.165) is 85.2 Å². The van der Waals surface area contributed by atoms with Crippen LogP contribution in [-0.2, 0) is 27.7 Å². The number of fused-ring (bicyclic) bond motifs is 4. The lowest BCUT2D eigenvalue weighted by atomic mass is 9.70. The lowest BCUT2D eigenvalue weighted by Crippen LogP contribution is -2.32. The fourth-order valence-electron chi connectivity index (χ4n) is 7.11. The fourth-order valence-corrected chi connectivity index (χ4v) is 7.11. The number of pyridine rings is 1. The van der Waals surface area contributed by atoms with E-state index in [1.165, 1.54) is 0 Å². The molecule has 2 aliphatic carbocycles. The Hall–Kier alpha value is -1.96. The Morgan fingerprint density at radius 2 is 1.65 bits per heavy atom. The molecule has 1 aromatic heterocycles. The number of alkyl halides is 3. The number of aromatic nitrogens is 1. The summed E-state index contributed by atoms with van der Waals surface area (Å²) in [5.74, 6) is 0.206. The minimum atomic E-state index is -4.38. The average Bonchev–Trinajstić information content (AvgIpc) is 3.43. The number of aliphatic hydroxyl groups excluding tert-OH is 1. The second kappa shape index (κ2) is 9.35. The third-order valence-corrected chi connectivity index (χ3v) is 8.73. The summed E-state index contributed by atoms with van der Waals surface area (Å²) >= 11 is 0. The Bertz CT molecular complexity index is 1150. The lowest BCUT2D eigenvalue weighted by molar-refractivity contribution is -0.137. The Morgan fingerprint density at radius 3 is 2.27 bits per heavy atom. The molecule has 2 aliphatic heterocycles. The molecule has 202 valence electrons. The molecule has 0 radical (unpaired) electrons. The zero-order valence-corrected chi connectivity index (χ0v) is 21.0. The highest BCUT2D eigenvalue weighted by atomic mass is 19.4. The van der Waals surface area contributed by atoms with Gasteiger partial charge in [-0.1, -0.05) is 46.2 Å². The maximum absolute atomic E-state index is 13.3. The molecule has 4 nitrogen and oxygen atoms in total. The van der Waals surface area contributed by atoms with Gasteiger partial charge in [0.15, 0.2) is 0 Å². The van der Waals surface area contributed by atoms with E-state index in [2.05, 4.69) is 13.8 Å². The van der Waals surface area contributed by atoms with Gasteiger partial charge in [0.2, 0.25) is 0 Å². The van der Waals surface area contributed by atoms with Gasteiger partial charge in [-0.25, -0.2) is 0 Å². The van der Waals surface area contributed by atoms with E-state index in [4.69, 9.17) is 14.5 Å². The van der Waals surface area contributed by atoms with Crippen LogP contribution in [0.3, 0.4) is 0 Å². The summed E-state index contributed by atoms with van der Waals surface area (Å²) in [5.41, 5.74) is 4.48. The van der Waals surface area contributed by atoms with Crippen molar-refractivity contribution >= 4 is 0 Å². The van der Waals surface area contributed by atoms with Crippen molar-refractivity contribution < 1.29 is 27.8 Å². The van der Waals surface area contributed by atoms with Gasteiger partial charge in [0, 0.05) is 36.0 Å². The lowest BCUT2D eigenvalue weighted by Gasteiger charge is -2.38. The molecule has 0 unspecified atom stereocenters. The summed E-state index contributed by atoms with van der Waals surface area (Å²) < 4.78 is 52.5. The first kappa shape index (κ1) is 26.6. The monoisotopic (exact) mass is 517 g/mol. The van der Waals surface area contributed by atoms with Gasteiger partial charge in [-0.3, -0.25) is 4.98 Å². The quantitative estimate of drug-likeness (QED) is 0.448.